The second-order valence-corrected chi connectivity index (χ2v) is 10.6. The summed E-state index contributed by atoms with van der Waals surface area (Å²) in [6, 6.07) is 0.505. The Morgan fingerprint density at radius 2 is 1.80 bits per heavy atom. The maximum absolute atomic E-state index is 11.4. The Bertz CT molecular complexity index is 507. The summed E-state index contributed by atoms with van der Waals surface area (Å²) in [6.45, 7) is 9.97. The zero-order valence-corrected chi connectivity index (χ0v) is 17.7. The summed E-state index contributed by atoms with van der Waals surface area (Å²) in [6.07, 6.45) is 9.63. The van der Waals surface area contributed by atoms with Gasteiger partial charge in [0.25, 0.3) is 0 Å². The minimum atomic E-state index is -2.92. The molecule has 0 spiro atoms. The molecule has 0 atom stereocenters. The molecule has 2 N–H and O–H groups in total. The Morgan fingerprint density at radius 3 is 2.32 bits per heavy atom. The highest BCUT2D eigenvalue weighted by Crippen LogP contribution is 2.27. The lowest BCUT2D eigenvalue weighted by atomic mass is 9.83. The molecule has 6 heteroatoms. The van der Waals surface area contributed by atoms with E-state index in [0.29, 0.717) is 19.0 Å². The van der Waals surface area contributed by atoms with Crippen LogP contribution < -0.4 is 10.6 Å². The van der Waals surface area contributed by atoms with E-state index in [0.717, 1.165) is 18.4 Å². The average Bonchev–Trinajstić information content (AvgIpc) is 2.53. The fourth-order valence-electron chi connectivity index (χ4n) is 3.35. The van der Waals surface area contributed by atoms with Crippen molar-refractivity contribution in [1.29, 1.82) is 0 Å². The molecule has 1 fully saturated rings. The number of guanidine groups is 1. The molecule has 1 aliphatic carbocycles. The van der Waals surface area contributed by atoms with Gasteiger partial charge in [-0.05, 0) is 50.4 Å². The quantitative estimate of drug-likeness (QED) is 0.480. The van der Waals surface area contributed by atoms with Crippen molar-refractivity contribution in [3.05, 3.63) is 0 Å². The van der Waals surface area contributed by atoms with Crippen LogP contribution in [0.4, 0.5) is 0 Å². The molecule has 1 aliphatic rings. The van der Waals surface area contributed by atoms with Gasteiger partial charge in [-0.15, -0.1) is 0 Å². The van der Waals surface area contributed by atoms with Gasteiger partial charge in [0.2, 0.25) is 0 Å². The molecular formula is C19H39N3O2S. The van der Waals surface area contributed by atoms with E-state index < -0.39 is 9.84 Å². The maximum Gasteiger partial charge on any atom is 0.191 e. The summed E-state index contributed by atoms with van der Waals surface area (Å²) in [4.78, 5) is 4.73. The van der Waals surface area contributed by atoms with E-state index in [4.69, 9.17) is 4.99 Å². The van der Waals surface area contributed by atoms with Crippen LogP contribution in [0.2, 0.25) is 0 Å². The van der Waals surface area contributed by atoms with Gasteiger partial charge in [0.1, 0.15) is 9.84 Å². The lowest BCUT2D eigenvalue weighted by molar-refractivity contribution is 0.294. The zero-order valence-electron chi connectivity index (χ0n) is 16.9. The van der Waals surface area contributed by atoms with Gasteiger partial charge in [0, 0.05) is 25.4 Å². The predicted octanol–water partition coefficient (Wildman–Crippen LogP) is 3.36. The first kappa shape index (κ1) is 22.3. The van der Waals surface area contributed by atoms with Gasteiger partial charge in [0.05, 0.1) is 5.75 Å². The van der Waals surface area contributed by atoms with E-state index >= 15 is 0 Å². The highest BCUT2D eigenvalue weighted by atomic mass is 32.2. The Hall–Kier alpha value is -0.780. The predicted molar refractivity (Wildman–Crippen MR) is 108 cm³/mol. The first-order valence-corrected chi connectivity index (χ1v) is 11.9. The molecular weight excluding hydrogens is 334 g/mol. The minimum Gasteiger partial charge on any atom is -0.357 e. The number of aliphatic imine (C=N–C) groups is 1. The number of nitrogens with one attached hydrogen (secondary N) is 2. The average molecular weight is 374 g/mol. The van der Waals surface area contributed by atoms with Crippen LogP contribution in [-0.2, 0) is 9.84 Å². The van der Waals surface area contributed by atoms with Crippen LogP contribution >= 0.6 is 0 Å². The maximum atomic E-state index is 11.4. The Labute approximate surface area is 155 Å². The van der Waals surface area contributed by atoms with Gasteiger partial charge in [-0.3, -0.25) is 4.99 Å². The molecule has 5 nitrogen and oxygen atoms in total. The van der Waals surface area contributed by atoms with E-state index in [1.165, 1.54) is 44.8 Å². The van der Waals surface area contributed by atoms with Crippen LogP contribution in [0.15, 0.2) is 4.99 Å². The molecule has 1 saturated carbocycles. The van der Waals surface area contributed by atoms with Crippen LogP contribution in [0.5, 0.6) is 0 Å². The van der Waals surface area contributed by atoms with Crippen molar-refractivity contribution in [2.75, 3.05) is 25.1 Å². The summed E-state index contributed by atoms with van der Waals surface area (Å²) in [5, 5.41) is 6.92. The lowest BCUT2D eigenvalue weighted by Gasteiger charge is -2.30. The van der Waals surface area contributed by atoms with E-state index in [-0.39, 0.29) is 11.2 Å². The highest BCUT2D eigenvalue weighted by molar-refractivity contribution is 7.90. The largest absolute Gasteiger partial charge is 0.357 e. The molecule has 0 amide bonds. The summed E-state index contributed by atoms with van der Waals surface area (Å²) in [7, 11) is -2.92. The van der Waals surface area contributed by atoms with Crippen molar-refractivity contribution in [2.45, 2.75) is 78.7 Å². The summed E-state index contributed by atoms with van der Waals surface area (Å²) >= 11 is 0. The van der Waals surface area contributed by atoms with Gasteiger partial charge in [-0.25, -0.2) is 8.42 Å². The summed E-state index contributed by atoms with van der Waals surface area (Å²) in [5.74, 6) is 1.99. The molecule has 148 valence electrons. The molecule has 0 aliphatic heterocycles. The minimum absolute atomic E-state index is 0.121. The van der Waals surface area contributed by atoms with Crippen LogP contribution in [-0.4, -0.2) is 45.5 Å². The number of rotatable bonds is 9. The standard InChI is InChI=1S/C19H39N3O2S/c1-6-8-16-9-11-17(12-10-16)22-18(20-7-2)21-15-19(3,4)13-14-25(5,23)24/h16-17H,6-15H2,1-5H3,(H2,20,21,22). The molecule has 0 aromatic rings. The van der Waals surface area contributed by atoms with Crippen molar-refractivity contribution >= 4 is 15.8 Å². The monoisotopic (exact) mass is 373 g/mol. The SMILES string of the molecule is CCCC1CCC(NC(=NCC(C)(C)CCS(C)(=O)=O)NCC)CC1. The van der Waals surface area contributed by atoms with Crippen molar-refractivity contribution in [3.63, 3.8) is 0 Å². The van der Waals surface area contributed by atoms with Gasteiger partial charge >= 0.3 is 0 Å². The van der Waals surface area contributed by atoms with Crippen molar-refractivity contribution < 1.29 is 8.42 Å². The first-order chi connectivity index (χ1) is 11.6. The highest BCUT2D eigenvalue weighted by Gasteiger charge is 2.23. The topological polar surface area (TPSA) is 70.6 Å². The fraction of sp³-hybridized carbons (Fsp3) is 0.947. The molecule has 25 heavy (non-hydrogen) atoms. The second-order valence-electron chi connectivity index (χ2n) is 8.39. The third-order valence-electron chi connectivity index (χ3n) is 5.04. The number of nitrogens with zero attached hydrogens (tertiary/aromatic N) is 1. The normalized spacial score (nSPS) is 22.7. The summed E-state index contributed by atoms with van der Waals surface area (Å²) in [5.41, 5.74) is -0.121. The van der Waals surface area contributed by atoms with Gasteiger partial charge < -0.3 is 10.6 Å². The molecule has 0 aromatic carbocycles. The number of hydrogen-bond donors (Lipinski definition) is 2. The third-order valence-corrected chi connectivity index (χ3v) is 5.99. The van der Waals surface area contributed by atoms with E-state index in [1.807, 2.05) is 0 Å². The first-order valence-electron chi connectivity index (χ1n) is 9.87. The molecule has 0 saturated heterocycles. The van der Waals surface area contributed by atoms with Gasteiger partial charge in [0.15, 0.2) is 5.96 Å². The third kappa shape index (κ3) is 10.1. The lowest BCUT2D eigenvalue weighted by Crippen LogP contribution is -2.45. The van der Waals surface area contributed by atoms with Crippen molar-refractivity contribution in [1.82, 2.24) is 10.6 Å². The van der Waals surface area contributed by atoms with Gasteiger partial charge in [-0.2, -0.15) is 0 Å². The van der Waals surface area contributed by atoms with E-state index in [9.17, 15) is 8.42 Å². The van der Waals surface area contributed by atoms with Crippen LogP contribution in [0.3, 0.4) is 0 Å². The Morgan fingerprint density at radius 1 is 1.16 bits per heavy atom. The second kappa shape index (κ2) is 10.4. The van der Waals surface area contributed by atoms with Gasteiger partial charge in [-0.1, -0.05) is 33.6 Å². The van der Waals surface area contributed by atoms with Crippen molar-refractivity contribution in [3.8, 4) is 0 Å². The molecule has 0 bridgehead atoms. The Balaban J connectivity index is 2.53. The van der Waals surface area contributed by atoms with Crippen LogP contribution in [0.1, 0.15) is 72.6 Å². The van der Waals surface area contributed by atoms with Crippen LogP contribution in [0.25, 0.3) is 0 Å². The smallest absolute Gasteiger partial charge is 0.191 e. The zero-order chi connectivity index (χ0) is 18.9. The Kier molecular flexibility index (Phi) is 9.25. The van der Waals surface area contributed by atoms with E-state index in [2.05, 4.69) is 38.3 Å². The van der Waals surface area contributed by atoms with Crippen LogP contribution in [0, 0.1) is 11.3 Å². The molecule has 1 rings (SSSR count). The van der Waals surface area contributed by atoms with Crippen molar-refractivity contribution in [2.24, 2.45) is 16.3 Å². The van der Waals surface area contributed by atoms with E-state index in [1.54, 1.807) is 0 Å². The summed E-state index contributed by atoms with van der Waals surface area (Å²) < 4.78 is 22.8. The molecule has 0 radical (unpaired) electrons. The molecule has 0 aromatic heterocycles. The molecule has 0 unspecified atom stereocenters. The number of hydrogen-bond acceptors (Lipinski definition) is 3. The fourth-order valence-corrected chi connectivity index (χ4v) is 4.27. The number of sulfone groups is 1. The molecule has 0 heterocycles.